The number of benzene rings is 2. The zero-order chi connectivity index (χ0) is 28.7. The molecule has 0 radical (unpaired) electrons. The highest BCUT2D eigenvalue weighted by Gasteiger charge is 2.31. The molecular formula is C31H32ClF3N2O3. The van der Waals surface area contributed by atoms with Crippen LogP contribution in [0.3, 0.4) is 0 Å². The number of fused-ring (bicyclic) bond motifs is 1. The quantitative estimate of drug-likeness (QED) is 0.277. The van der Waals surface area contributed by atoms with Crippen LogP contribution in [0.25, 0.3) is 10.9 Å². The van der Waals surface area contributed by atoms with Crippen LogP contribution in [0.2, 0.25) is 5.02 Å². The molecular weight excluding hydrogens is 541 g/mol. The Hall–Kier alpha value is -3.28. The Morgan fingerprint density at radius 2 is 2.00 bits per heavy atom. The van der Waals surface area contributed by atoms with E-state index in [2.05, 4.69) is 21.7 Å². The molecule has 1 aromatic heterocycles. The Morgan fingerprint density at radius 1 is 1.18 bits per heavy atom. The van der Waals surface area contributed by atoms with Gasteiger partial charge in [0.1, 0.15) is 5.75 Å². The molecule has 0 saturated carbocycles. The third-order valence-corrected chi connectivity index (χ3v) is 7.90. The Morgan fingerprint density at radius 3 is 2.73 bits per heavy atom. The average molecular weight is 573 g/mol. The lowest BCUT2D eigenvalue weighted by Crippen LogP contribution is -2.41. The second-order valence-electron chi connectivity index (χ2n) is 10.2. The lowest BCUT2D eigenvalue weighted by atomic mass is 9.79. The molecule has 1 aliphatic heterocycles. The van der Waals surface area contributed by atoms with Gasteiger partial charge in [0.05, 0.1) is 29.8 Å². The normalized spacial score (nSPS) is 17.8. The molecule has 5 nitrogen and oxygen atoms in total. The summed E-state index contributed by atoms with van der Waals surface area (Å²) in [4.78, 5) is 18.0. The van der Waals surface area contributed by atoms with Crippen LogP contribution in [-0.4, -0.2) is 47.7 Å². The van der Waals surface area contributed by atoms with Crippen molar-refractivity contribution in [1.82, 2.24) is 9.88 Å². The van der Waals surface area contributed by atoms with Gasteiger partial charge in [-0.25, -0.2) is 0 Å². The van der Waals surface area contributed by atoms with E-state index in [-0.39, 0.29) is 17.4 Å². The minimum absolute atomic E-state index is 0.0270. The summed E-state index contributed by atoms with van der Waals surface area (Å²) >= 11 is 6.03. The van der Waals surface area contributed by atoms with Crippen LogP contribution in [-0.2, 0) is 17.4 Å². The van der Waals surface area contributed by atoms with Gasteiger partial charge in [-0.2, -0.15) is 13.2 Å². The van der Waals surface area contributed by atoms with Gasteiger partial charge < -0.3 is 9.84 Å². The predicted molar refractivity (Wildman–Crippen MR) is 149 cm³/mol. The first kappa shape index (κ1) is 29.7. The standard InChI is InChI=1S/C31H32ClF3N2O3/c1-40-26-10-11-29-27(19-26)22(13-15-36-29)5-2-4-21-14-17-37(20-24(21)8-12-30(38)39)16-3-6-23-7-9-25(18-28(23)32)31(33,34)35/h7,9-11,13,15,18-19,21,24H,2,4-5,8,12,14,16-17,20H2,1H3,(H,38,39). The first-order valence-corrected chi connectivity index (χ1v) is 13.7. The molecule has 9 heteroatoms. The lowest BCUT2D eigenvalue weighted by Gasteiger charge is -2.38. The van der Waals surface area contributed by atoms with Crippen molar-refractivity contribution in [2.24, 2.45) is 11.8 Å². The third-order valence-electron chi connectivity index (χ3n) is 7.59. The van der Waals surface area contributed by atoms with Crippen LogP contribution < -0.4 is 4.74 Å². The Balaban J connectivity index is 1.36. The number of hydrogen-bond donors (Lipinski definition) is 1. The maximum absolute atomic E-state index is 12.9. The SMILES string of the molecule is COc1ccc2nccc(CCCC3CCN(CC#Cc4ccc(C(F)(F)F)cc4Cl)CC3CCC(=O)O)c2c1. The topological polar surface area (TPSA) is 62.7 Å². The molecule has 2 unspecified atom stereocenters. The van der Waals surface area contributed by atoms with E-state index >= 15 is 0 Å². The monoisotopic (exact) mass is 572 g/mol. The smallest absolute Gasteiger partial charge is 0.416 e. The lowest BCUT2D eigenvalue weighted by molar-refractivity contribution is -0.138. The number of rotatable bonds is 9. The van der Waals surface area contributed by atoms with E-state index in [4.69, 9.17) is 16.3 Å². The third kappa shape index (κ3) is 7.89. The number of aromatic nitrogens is 1. The molecule has 0 bridgehead atoms. The zero-order valence-corrected chi connectivity index (χ0v) is 23.1. The largest absolute Gasteiger partial charge is 0.497 e. The number of pyridine rings is 1. The number of ether oxygens (including phenoxy) is 1. The van der Waals surface area contributed by atoms with Gasteiger partial charge in [0.2, 0.25) is 0 Å². The van der Waals surface area contributed by atoms with Crippen molar-refractivity contribution in [3.8, 4) is 17.6 Å². The van der Waals surface area contributed by atoms with Crippen LogP contribution in [0.5, 0.6) is 5.75 Å². The molecule has 1 fully saturated rings. The number of aliphatic carboxylic acids is 1. The summed E-state index contributed by atoms with van der Waals surface area (Å²) in [6.07, 6.45) is 1.92. The van der Waals surface area contributed by atoms with E-state index in [1.165, 1.54) is 11.6 Å². The van der Waals surface area contributed by atoms with Gasteiger partial charge in [-0.3, -0.25) is 14.7 Å². The minimum Gasteiger partial charge on any atom is -0.497 e. The second kappa shape index (κ2) is 13.4. The highest BCUT2D eigenvalue weighted by atomic mass is 35.5. The number of methoxy groups -OCH3 is 1. The van der Waals surface area contributed by atoms with Crippen molar-refractivity contribution in [2.75, 3.05) is 26.7 Å². The minimum atomic E-state index is -4.45. The van der Waals surface area contributed by atoms with Crippen molar-refractivity contribution in [3.63, 3.8) is 0 Å². The van der Waals surface area contributed by atoms with Crippen LogP contribution in [0, 0.1) is 23.7 Å². The van der Waals surface area contributed by atoms with E-state index < -0.39 is 17.7 Å². The fraction of sp³-hybridized carbons (Fsp3) is 0.419. The highest BCUT2D eigenvalue weighted by molar-refractivity contribution is 6.31. The number of carboxylic acid groups (broad SMARTS) is 1. The molecule has 2 heterocycles. The van der Waals surface area contributed by atoms with Crippen LogP contribution in [0.4, 0.5) is 13.2 Å². The van der Waals surface area contributed by atoms with E-state index in [0.29, 0.717) is 24.4 Å². The van der Waals surface area contributed by atoms with Crippen LogP contribution >= 0.6 is 11.6 Å². The number of piperidine rings is 1. The van der Waals surface area contributed by atoms with Crippen molar-refractivity contribution in [2.45, 2.75) is 44.7 Å². The fourth-order valence-electron chi connectivity index (χ4n) is 5.44. The molecule has 2 atom stereocenters. The van der Waals surface area contributed by atoms with Gasteiger partial charge in [0, 0.05) is 30.1 Å². The summed E-state index contributed by atoms with van der Waals surface area (Å²) in [5, 5.41) is 10.4. The summed E-state index contributed by atoms with van der Waals surface area (Å²) in [6, 6.07) is 11.1. The first-order valence-electron chi connectivity index (χ1n) is 13.4. The molecule has 1 N–H and O–H groups in total. The number of halogens is 4. The van der Waals surface area contributed by atoms with Gasteiger partial charge in [-0.05, 0) is 98.5 Å². The predicted octanol–water partition coefficient (Wildman–Crippen LogP) is 7.09. The molecule has 2 aromatic carbocycles. The fourth-order valence-corrected chi connectivity index (χ4v) is 5.66. The van der Waals surface area contributed by atoms with Gasteiger partial charge in [-0.1, -0.05) is 23.4 Å². The summed E-state index contributed by atoms with van der Waals surface area (Å²) in [5.41, 5.74) is 1.71. The van der Waals surface area contributed by atoms with Gasteiger partial charge in [-0.15, -0.1) is 0 Å². The van der Waals surface area contributed by atoms with E-state index in [9.17, 15) is 23.1 Å². The van der Waals surface area contributed by atoms with Crippen molar-refractivity contribution >= 4 is 28.5 Å². The van der Waals surface area contributed by atoms with E-state index in [1.807, 2.05) is 30.5 Å². The maximum Gasteiger partial charge on any atom is 0.416 e. The number of carbonyl (C=O) groups is 1. The summed E-state index contributed by atoms with van der Waals surface area (Å²) in [5.74, 6) is 6.57. The molecule has 0 amide bonds. The molecule has 40 heavy (non-hydrogen) atoms. The summed E-state index contributed by atoms with van der Waals surface area (Å²) in [6.45, 7) is 2.01. The molecule has 0 aliphatic carbocycles. The molecule has 0 spiro atoms. The first-order chi connectivity index (χ1) is 19.1. The van der Waals surface area contributed by atoms with Crippen LogP contribution in [0.15, 0.2) is 48.7 Å². The average Bonchev–Trinajstić information content (AvgIpc) is 2.92. The number of alkyl halides is 3. The van der Waals surface area contributed by atoms with Crippen molar-refractivity contribution in [3.05, 3.63) is 70.4 Å². The van der Waals surface area contributed by atoms with Crippen molar-refractivity contribution in [1.29, 1.82) is 0 Å². The van der Waals surface area contributed by atoms with Gasteiger partial charge >= 0.3 is 12.1 Å². The number of aryl methyl sites for hydroxylation is 1. The molecule has 4 rings (SSSR count). The number of carboxylic acids is 1. The molecule has 1 aliphatic rings. The van der Waals surface area contributed by atoms with Crippen molar-refractivity contribution < 1.29 is 27.8 Å². The number of nitrogens with zero attached hydrogens (tertiary/aromatic N) is 2. The van der Waals surface area contributed by atoms with Crippen LogP contribution in [0.1, 0.15) is 48.8 Å². The number of hydrogen-bond acceptors (Lipinski definition) is 4. The second-order valence-corrected chi connectivity index (χ2v) is 10.6. The Labute approximate surface area is 237 Å². The maximum atomic E-state index is 12.9. The van der Waals surface area contributed by atoms with E-state index in [0.717, 1.165) is 67.6 Å². The summed E-state index contributed by atoms with van der Waals surface area (Å²) < 4.78 is 44.0. The molecule has 212 valence electrons. The zero-order valence-electron chi connectivity index (χ0n) is 22.3. The molecule has 3 aromatic rings. The van der Waals surface area contributed by atoms with Gasteiger partial charge in [0.15, 0.2) is 0 Å². The van der Waals surface area contributed by atoms with Gasteiger partial charge in [0.25, 0.3) is 0 Å². The Bertz CT molecular complexity index is 1400. The van der Waals surface area contributed by atoms with E-state index in [1.54, 1.807) is 7.11 Å². The Kier molecular flexibility index (Phi) is 9.94. The highest BCUT2D eigenvalue weighted by Crippen LogP contribution is 2.33. The number of likely N-dealkylation sites (tertiary alicyclic amines) is 1. The summed E-state index contributed by atoms with van der Waals surface area (Å²) in [7, 11) is 1.65. The molecule has 1 saturated heterocycles.